The summed E-state index contributed by atoms with van der Waals surface area (Å²) in [6.07, 6.45) is 1.02. The van der Waals surface area contributed by atoms with Crippen molar-refractivity contribution >= 4 is 16.7 Å². The predicted molar refractivity (Wildman–Crippen MR) is 142 cm³/mol. The molecule has 0 amide bonds. The Labute approximate surface area is 213 Å². The normalized spacial score (nSPS) is 15.5. The minimum absolute atomic E-state index is 0.234. The molecule has 1 saturated heterocycles. The SMILES string of the molecule is Cc1cc(Cn2c(-c3n[nH]c(=O)c4ccccc34)nnc2N2CCC(c3ccccc3C)C2)ccc1F. The first-order chi connectivity index (χ1) is 18.0. The number of nitrogens with zero attached hydrogens (tertiary/aromatic N) is 5. The fourth-order valence-electron chi connectivity index (χ4n) is 5.36. The minimum atomic E-state index is -0.250. The number of aryl methyl sites for hydroxylation is 2. The maximum Gasteiger partial charge on any atom is 0.272 e. The third kappa shape index (κ3) is 4.18. The second-order valence-electron chi connectivity index (χ2n) is 9.73. The lowest BCUT2D eigenvalue weighted by Crippen LogP contribution is -2.24. The zero-order valence-electron chi connectivity index (χ0n) is 20.8. The van der Waals surface area contributed by atoms with Crippen molar-refractivity contribution in [3.63, 3.8) is 0 Å². The fraction of sp³-hybridized carbons (Fsp3) is 0.241. The highest BCUT2D eigenvalue weighted by molar-refractivity contribution is 5.92. The Bertz CT molecular complexity index is 1670. The molecule has 6 rings (SSSR count). The highest BCUT2D eigenvalue weighted by Crippen LogP contribution is 2.34. The molecule has 8 heteroatoms. The molecule has 1 atom stereocenters. The maximum atomic E-state index is 14.0. The van der Waals surface area contributed by atoms with Gasteiger partial charge in [0.2, 0.25) is 5.95 Å². The van der Waals surface area contributed by atoms with Crippen LogP contribution in [0.1, 0.15) is 34.6 Å². The summed E-state index contributed by atoms with van der Waals surface area (Å²) >= 11 is 0. The largest absolute Gasteiger partial charge is 0.340 e. The molecule has 0 saturated carbocycles. The number of rotatable bonds is 5. The van der Waals surface area contributed by atoms with E-state index in [9.17, 15) is 9.18 Å². The Morgan fingerprint density at radius 1 is 0.973 bits per heavy atom. The van der Waals surface area contributed by atoms with E-state index in [1.54, 1.807) is 19.1 Å². The highest BCUT2D eigenvalue weighted by Gasteiger charge is 2.30. The van der Waals surface area contributed by atoms with Crippen LogP contribution in [0, 0.1) is 19.7 Å². The molecule has 0 bridgehead atoms. The first kappa shape index (κ1) is 23.1. The van der Waals surface area contributed by atoms with Crippen molar-refractivity contribution in [1.82, 2.24) is 25.0 Å². The van der Waals surface area contributed by atoms with Crippen LogP contribution in [0.5, 0.6) is 0 Å². The first-order valence-electron chi connectivity index (χ1n) is 12.5. The smallest absolute Gasteiger partial charge is 0.272 e. The van der Waals surface area contributed by atoms with Crippen LogP contribution in [-0.2, 0) is 6.54 Å². The van der Waals surface area contributed by atoms with Gasteiger partial charge in [-0.1, -0.05) is 54.6 Å². The average molecular weight is 495 g/mol. The molecule has 1 unspecified atom stereocenters. The highest BCUT2D eigenvalue weighted by atomic mass is 19.1. The van der Waals surface area contributed by atoms with Crippen LogP contribution in [0.15, 0.2) is 71.5 Å². The molecule has 0 radical (unpaired) electrons. The first-order valence-corrected chi connectivity index (χ1v) is 12.5. The molecule has 1 aliphatic rings. The molecule has 3 aromatic carbocycles. The topological polar surface area (TPSA) is 79.7 Å². The lowest BCUT2D eigenvalue weighted by atomic mass is 9.94. The van der Waals surface area contributed by atoms with Gasteiger partial charge in [-0.15, -0.1) is 10.2 Å². The van der Waals surface area contributed by atoms with Crippen LogP contribution in [0.25, 0.3) is 22.3 Å². The average Bonchev–Trinajstić information content (AvgIpc) is 3.54. The second-order valence-corrected chi connectivity index (χ2v) is 9.73. The van der Waals surface area contributed by atoms with E-state index < -0.39 is 0 Å². The van der Waals surface area contributed by atoms with Gasteiger partial charge in [-0.05, 0) is 54.7 Å². The van der Waals surface area contributed by atoms with E-state index in [4.69, 9.17) is 0 Å². The Hall–Kier alpha value is -4.33. The third-order valence-corrected chi connectivity index (χ3v) is 7.30. The van der Waals surface area contributed by atoms with E-state index in [0.29, 0.717) is 40.3 Å². The van der Waals surface area contributed by atoms with Crippen LogP contribution in [-0.4, -0.2) is 38.1 Å². The molecular formula is C29H27FN6O. The van der Waals surface area contributed by atoms with Gasteiger partial charge in [0.25, 0.3) is 5.56 Å². The Morgan fingerprint density at radius 3 is 2.57 bits per heavy atom. The van der Waals surface area contributed by atoms with E-state index in [2.05, 4.69) is 56.5 Å². The summed E-state index contributed by atoms with van der Waals surface area (Å²) in [5.74, 6) is 1.46. The number of benzene rings is 3. The molecule has 5 aromatic rings. The number of hydrogen-bond donors (Lipinski definition) is 1. The van der Waals surface area contributed by atoms with Gasteiger partial charge in [-0.2, -0.15) is 5.10 Å². The number of hydrogen-bond acceptors (Lipinski definition) is 5. The second kappa shape index (κ2) is 9.28. The van der Waals surface area contributed by atoms with Gasteiger partial charge in [-0.3, -0.25) is 9.36 Å². The van der Waals surface area contributed by atoms with Gasteiger partial charge in [0.05, 0.1) is 11.9 Å². The van der Waals surface area contributed by atoms with Crippen molar-refractivity contribution in [1.29, 1.82) is 0 Å². The Kier molecular flexibility index (Phi) is 5.79. The minimum Gasteiger partial charge on any atom is -0.340 e. The van der Waals surface area contributed by atoms with Crippen molar-refractivity contribution in [3.05, 3.63) is 105 Å². The molecule has 1 aliphatic heterocycles. The quantitative estimate of drug-likeness (QED) is 0.373. The van der Waals surface area contributed by atoms with Crippen LogP contribution >= 0.6 is 0 Å². The molecule has 0 aliphatic carbocycles. The molecule has 1 fully saturated rings. The van der Waals surface area contributed by atoms with Crippen LogP contribution in [0.3, 0.4) is 0 Å². The summed E-state index contributed by atoms with van der Waals surface area (Å²) in [4.78, 5) is 14.7. The lowest BCUT2D eigenvalue weighted by molar-refractivity contribution is 0.616. The number of halogens is 1. The van der Waals surface area contributed by atoms with E-state index >= 15 is 0 Å². The molecule has 37 heavy (non-hydrogen) atoms. The van der Waals surface area contributed by atoms with Crippen molar-refractivity contribution in [2.45, 2.75) is 32.7 Å². The van der Waals surface area contributed by atoms with Crippen LogP contribution in [0.4, 0.5) is 10.3 Å². The number of fused-ring (bicyclic) bond motifs is 1. The molecule has 7 nitrogen and oxygen atoms in total. The van der Waals surface area contributed by atoms with Crippen molar-refractivity contribution < 1.29 is 4.39 Å². The summed E-state index contributed by atoms with van der Waals surface area (Å²) in [6.45, 7) is 6.03. The monoisotopic (exact) mass is 494 g/mol. The number of anilines is 1. The van der Waals surface area contributed by atoms with Gasteiger partial charge < -0.3 is 4.90 Å². The standard InChI is InChI=1S/C29H27FN6O/c1-18-7-3-4-8-22(18)21-13-14-35(17-21)29-34-32-27(36(29)16-20-11-12-25(30)19(2)15-20)26-23-9-5-6-10-24(23)28(37)33-31-26/h3-12,15,21H,13-14,16-17H2,1-2H3,(H,33,37). The van der Waals surface area contributed by atoms with Crippen LogP contribution < -0.4 is 10.5 Å². The molecule has 1 N–H and O–H groups in total. The Balaban J connectivity index is 1.45. The fourth-order valence-corrected chi connectivity index (χ4v) is 5.36. The number of aromatic nitrogens is 5. The molecule has 2 aromatic heterocycles. The number of nitrogens with one attached hydrogen (secondary N) is 1. The van der Waals surface area contributed by atoms with Gasteiger partial charge >= 0.3 is 0 Å². The van der Waals surface area contributed by atoms with E-state index in [0.717, 1.165) is 31.0 Å². The van der Waals surface area contributed by atoms with Gasteiger partial charge in [0, 0.05) is 24.4 Å². The van der Waals surface area contributed by atoms with Crippen LogP contribution in [0.2, 0.25) is 0 Å². The number of aromatic amines is 1. The summed E-state index contributed by atoms with van der Waals surface area (Å²) < 4.78 is 16.0. The molecule has 186 valence electrons. The molecular weight excluding hydrogens is 467 g/mol. The zero-order valence-corrected chi connectivity index (χ0v) is 20.8. The molecule has 0 spiro atoms. The zero-order chi connectivity index (χ0) is 25.5. The summed E-state index contributed by atoms with van der Waals surface area (Å²) in [7, 11) is 0. The lowest BCUT2D eigenvalue weighted by Gasteiger charge is -2.20. The van der Waals surface area contributed by atoms with Crippen molar-refractivity contribution in [2.75, 3.05) is 18.0 Å². The summed E-state index contributed by atoms with van der Waals surface area (Å²) in [5, 5.41) is 17.4. The van der Waals surface area contributed by atoms with Crippen molar-refractivity contribution in [2.24, 2.45) is 0 Å². The number of H-pyrrole nitrogens is 1. The van der Waals surface area contributed by atoms with Crippen molar-refractivity contribution in [3.8, 4) is 11.5 Å². The predicted octanol–water partition coefficient (Wildman–Crippen LogP) is 4.98. The third-order valence-electron chi connectivity index (χ3n) is 7.30. The van der Waals surface area contributed by atoms with Gasteiger partial charge in [0.15, 0.2) is 5.82 Å². The maximum absolute atomic E-state index is 14.0. The van der Waals surface area contributed by atoms with E-state index in [1.807, 2.05) is 28.8 Å². The summed E-state index contributed by atoms with van der Waals surface area (Å²) in [5.41, 5.74) is 4.48. The van der Waals surface area contributed by atoms with E-state index in [-0.39, 0.29) is 11.4 Å². The van der Waals surface area contributed by atoms with Gasteiger partial charge in [-0.25, -0.2) is 9.49 Å². The Morgan fingerprint density at radius 2 is 1.76 bits per heavy atom. The van der Waals surface area contributed by atoms with Gasteiger partial charge in [0.1, 0.15) is 11.5 Å². The summed E-state index contributed by atoms with van der Waals surface area (Å²) in [6, 6.07) is 21.0. The van der Waals surface area contributed by atoms with E-state index in [1.165, 1.54) is 17.2 Å². The molecule has 3 heterocycles.